The number of hydrogen-bond acceptors (Lipinski definition) is 1. The largest absolute Gasteiger partial charge is 0.370 e. The van der Waals surface area contributed by atoms with Crippen LogP contribution >= 0.6 is 0 Å². The molecule has 2 nitrogen and oxygen atoms in total. The van der Waals surface area contributed by atoms with Crippen molar-refractivity contribution < 1.29 is 13.6 Å². The molecule has 14 heavy (non-hydrogen) atoms. The second-order valence-electron chi connectivity index (χ2n) is 3.06. The van der Waals surface area contributed by atoms with Crippen molar-refractivity contribution in [2.45, 2.75) is 19.3 Å². The minimum absolute atomic E-state index is 0.219. The second kappa shape index (κ2) is 4.69. The summed E-state index contributed by atoms with van der Waals surface area (Å²) >= 11 is 0. The first-order chi connectivity index (χ1) is 6.59. The third-order valence-corrected chi connectivity index (χ3v) is 1.88. The zero-order valence-corrected chi connectivity index (χ0v) is 7.59. The Morgan fingerprint density at radius 2 is 2.07 bits per heavy atom. The highest BCUT2D eigenvalue weighted by Crippen LogP contribution is 2.12. The Bertz CT molecular complexity index is 339. The molecular weight excluding hydrogens is 188 g/mol. The second-order valence-corrected chi connectivity index (χ2v) is 3.06. The first-order valence-corrected chi connectivity index (χ1v) is 4.32. The number of halogens is 2. The first-order valence-electron chi connectivity index (χ1n) is 4.32. The maximum atomic E-state index is 13.0. The van der Waals surface area contributed by atoms with Gasteiger partial charge < -0.3 is 5.73 Å². The Morgan fingerprint density at radius 1 is 1.36 bits per heavy atom. The van der Waals surface area contributed by atoms with Crippen molar-refractivity contribution in [3.63, 3.8) is 0 Å². The number of aryl methyl sites for hydroxylation is 1. The summed E-state index contributed by atoms with van der Waals surface area (Å²) < 4.78 is 25.5. The Balaban J connectivity index is 2.55. The van der Waals surface area contributed by atoms with Crippen LogP contribution in [0, 0.1) is 11.6 Å². The maximum Gasteiger partial charge on any atom is 0.217 e. The molecule has 0 bridgehead atoms. The zero-order chi connectivity index (χ0) is 10.6. The summed E-state index contributed by atoms with van der Waals surface area (Å²) in [5.74, 6) is -1.58. The Morgan fingerprint density at radius 3 is 2.64 bits per heavy atom. The van der Waals surface area contributed by atoms with Gasteiger partial charge in [-0.05, 0) is 24.5 Å². The molecule has 0 saturated heterocycles. The van der Waals surface area contributed by atoms with Crippen molar-refractivity contribution in [2.24, 2.45) is 5.73 Å². The SMILES string of the molecule is NC(=O)CCCc1ccc(F)cc1F. The van der Waals surface area contributed by atoms with E-state index in [4.69, 9.17) is 5.73 Å². The Labute approximate surface area is 80.7 Å². The lowest BCUT2D eigenvalue weighted by Gasteiger charge is -2.01. The fraction of sp³-hybridized carbons (Fsp3) is 0.300. The van der Waals surface area contributed by atoms with Crippen LogP contribution in [0.5, 0.6) is 0 Å². The quantitative estimate of drug-likeness (QED) is 0.789. The van der Waals surface area contributed by atoms with Gasteiger partial charge in [0.1, 0.15) is 11.6 Å². The average molecular weight is 199 g/mol. The number of primary amides is 1. The summed E-state index contributed by atoms with van der Waals surface area (Å²) in [5, 5.41) is 0. The van der Waals surface area contributed by atoms with Crippen LogP contribution in [-0.2, 0) is 11.2 Å². The molecule has 4 heteroatoms. The fourth-order valence-electron chi connectivity index (χ4n) is 1.18. The monoisotopic (exact) mass is 199 g/mol. The third-order valence-electron chi connectivity index (χ3n) is 1.88. The summed E-state index contributed by atoms with van der Waals surface area (Å²) in [6, 6.07) is 3.41. The molecule has 0 aliphatic carbocycles. The number of amides is 1. The van der Waals surface area contributed by atoms with Gasteiger partial charge in [-0.25, -0.2) is 8.78 Å². The minimum Gasteiger partial charge on any atom is -0.370 e. The number of benzene rings is 1. The molecule has 1 aromatic carbocycles. The summed E-state index contributed by atoms with van der Waals surface area (Å²) in [6.45, 7) is 0. The smallest absolute Gasteiger partial charge is 0.217 e. The zero-order valence-electron chi connectivity index (χ0n) is 7.59. The van der Waals surface area contributed by atoms with Gasteiger partial charge >= 0.3 is 0 Å². The lowest BCUT2D eigenvalue weighted by molar-refractivity contribution is -0.118. The lowest BCUT2D eigenvalue weighted by Crippen LogP contribution is -2.10. The topological polar surface area (TPSA) is 43.1 Å². The molecule has 1 rings (SSSR count). The van der Waals surface area contributed by atoms with Crippen LogP contribution in [0.25, 0.3) is 0 Å². The summed E-state index contributed by atoms with van der Waals surface area (Å²) in [5.41, 5.74) is 5.34. The molecule has 0 fully saturated rings. The van der Waals surface area contributed by atoms with E-state index in [0.717, 1.165) is 6.07 Å². The summed E-state index contributed by atoms with van der Waals surface area (Å²) in [6.07, 6.45) is 1.10. The van der Waals surface area contributed by atoms with Crippen molar-refractivity contribution in [1.29, 1.82) is 0 Å². The molecule has 0 radical (unpaired) electrons. The molecule has 0 unspecified atom stereocenters. The van der Waals surface area contributed by atoms with Gasteiger partial charge in [0.15, 0.2) is 0 Å². The maximum absolute atomic E-state index is 13.0. The average Bonchev–Trinajstić information content (AvgIpc) is 2.08. The van der Waals surface area contributed by atoms with Crippen LogP contribution < -0.4 is 5.73 Å². The lowest BCUT2D eigenvalue weighted by atomic mass is 10.1. The molecule has 0 spiro atoms. The van der Waals surface area contributed by atoms with E-state index in [1.807, 2.05) is 0 Å². The molecule has 0 saturated carbocycles. The highest BCUT2D eigenvalue weighted by atomic mass is 19.1. The van der Waals surface area contributed by atoms with E-state index in [1.54, 1.807) is 0 Å². The van der Waals surface area contributed by atoms with E-state index in [2.05, 4.69) is 0 Å². The van der Waals surface area contributed by atoms with Crippen LogP contribution in [0.15, 0.2) is 18.2 Å². The van der Waals surface area contributed by atoms with E-state index in [1.165, 1.54) is 12.1 Å². The number of nitrogens with two attached hydrogens (primary N) is 1. The van der Waals surface area contributed by atoms with Gasteiger partial charge in [0.25, 0.3) is 0 Å². The molecule has 0 atom stereocenters. The highest BCUT2D eigenvalue weighted by molar-refractivity contribution is 5.73. The van der Waals surface area contributed by atoms with E-state index in [0.29, 0.717) is 18.4 Å². The summed E-state index contributed by atoms with van der Waals surface area (Å²) in [4.78, 5) is 10.4. The van der Waals surface area contributed by atoms with E-state index >= 15 is 0 Å². The fourth-order valence-corrected chi connectivity index (χ4v) is 1.18. The van der Waals surface area contributed by atoms with Crippen molar-refractivity contribution in [3.05, 3.63) is 35.4 Å². The van der Waals surface area contributed by atoms with Crippen LogP contribution in [0.1, 0.15) is 18.4 Å². The van der Waals surface area contributed by atoms with Crippen molar-refractivity contribution in [3.8, 4) is 0 Å². The number of carbonyl (C=O) groups excluding carboxylic acids is 1. The molecular formula is C10H11F2NO. The first kappa shape index (κ1) is 10.6. The predicted molar refractivity (Wildman–Crippen MR) is 48.5 cm³/mol. The molecule has 2 N–H and O–H groups in total. The van der Waals surface area contributed by atoms with E-state index in [-0.39, 0.29) is 6.42 Å². The van der Waals surface area contributed by atoms with Crippen molar-refractivity contribution in [1.82, 2.24) is 0 Å². The van der Waals surface area contributed by atoms with Gasteiger partial charge in [0, 0.05) is 12.5 Å². The van der Waals surface area contributed by atoms with Crippen LogP contribution in [-0.4, -0.2) is 5.91 Å². The van der Waals surface area contributed by atoms with Gasteiger partial charge in [-0.3, -0.25) is 4.79 Å². The number of rotatable bonds is 4. The van der Waals surface area contributed by atoms with Crippen LogP contribution in [0.3, 0.4) is 0 Å². The van der Waals surface area contributed by atoms with Gasteiger partial charge in [0.05, 0.1) is 0 Å². The van der Waals surface area contributed by atoms with Gasteiger partial charge in [-0.2, -0.15) is 0 Å². The third kappa shape index (κ3) is 3.12. The van der Waals surface area contributed by atoms with Crippen molar-refractivity contribution in [2.75, 3.05) is 0 Å². The minimum atomic E-state index is -0.596. The Kier molecular flexibility index (Phi) is 3.56. The molecule has 1 aromatic rings. The molecule has 0 aliphatic heterocycles. The van der Waals surface area contributed by atoms with Crippen LogP contribution in [0.4, 0.5) is 8.78 Å². The number of carbonyl (C=O) groups is 1. The highest BCUT2D eigenvalue weighted by Gasteiger charge is 2.04. The molecule has 0 aliphatic rings. The van der Waals surface area contributed by atoms with Gasteiger partial charge in [-0.1, -0.05) is 6.07 Å². The predicted octanol–water partition coefficient (Wildman–Crippen LogP) is 1.77. The molecule has 1 amide bonds. The molecule has 0 aromatic heterocycles. The van der Waals surface area contributed by atoms with Crippen molar-refractivity contribution >= 4 is 5.91 Å². The Hall–Kier alpha value is -1.45. The normalized spacial score (nSPS) is 10.1. The van der Waals surface area contributed by atoms with Crippen LogP contribution in [0.2, 0.25) is 0 Å². The molecule has 76 valence electrons. The molecule has 0 heterocycles. The van der Waals surface area contributed by atoms with Gasteiger partial charge in [-0.15, -0.1) is 0 Å². The van der Waals surface area contributed by atoms with E-state index in [9.17, 15) is 13.6 Å². The van der Waals surface area contributed by atoms with E-state index < -0.39 is 17.5 Å². The standard InChI is InChI=1S/C10H11F2NO/c11-8-5-4-7(9(12)6-8)2-1-3-10(13)14/h4-6H,1-3H2,(H2,13,14). The summed E-state index contributed by atoms with van der Waals surface area (Å²) in [7, 11) is 0. The number of hydrogen-bond donors (Lipinski definition) is 1. The van der Waals surface area contributed by atoms with Gasteiger partial charge in [0.2, 0.25) is 5.91 Å².